The first kappa shape index (κ1) is 78.8. The minimum atomic E-state index is -2.70. The van der Waals surface area contributed by atoms with Crippen LogP contribution in [0.4, 0.5) is 5.69 Å². The van der Waals surface area contributed by atoms with E-state index in [1.165, 1.54) is 180 Å². The Morgan fingerprint density at radius 3 is 0.910 bits per heavy atom. The number of rotatable bonds is 15. The van der Waals surface area contributed by atoms with E-state index in [-0.39, 0.29) is 0 Å². The topological polar surface area (TPSA) is 24.1 Å². The van der Waals surface area contributed by atoms with E-state index in [9.17, 15) is 0 Å². The molecule has 626 valence electrons. The molecule has 0 spiro atoms. The highest BCUT2D eigenvalue weighted by atomic mass is 28.3. The van der Waals surface area contributed by atoms with Crippen molar-refractivity contribution in [2.24, 2.45) is 0 Å². The van der Waals surface area contributed by atoms with Crippen LogP contribution in [0.3, 0.4) is 0 Å². The fourth-order valence-corrected chi connectivity index (χ4v) is 26.9. The van der Waals surface area contributed by atoms with Crippen LogP contribution in [0.1, 0.15) is 22.3 Å². The molecule has 6 heteroatoms. The summed E-state index contributed by atoms with van der Waals surface area (Å²) < 4.78 is 9.68. The predicted octanol–water partition coefficient (Wildman–Crippen LogP) is 30.4. The minimum absolute atomic E-state index is 0.478. The van der Waals surface area contributed by atoms with Crippen LogP contribution in [0.25, 0.3) is 182 Å². The molecule has 0 N–H and O–H groups in total. The summed E-state index contributed by atoms with van der Waals surface area (Å²) >= 11 is 0. The highest BCUT2D eigenvalue weighted by molar-refractivity contribution is 7.20. The van der Waals surface area contributed by atoms with Gasteiger partial charge in [-0.05, 0) is 237 Å². The van der Waals surface area contributed by atoms with Crippen molar-refractivity contribution in [3.8, 4) is 89.5 Å². The van der Waals surface area contributed by atoms with Crippen LogP contribution in [0.2, 0.25) is 0 Å². The van der Waals surface area contributed by atoms with Gasteiger partial charge < -0.3 is 18.3 Å². The van der Waals surface area contributed by atoms with Gasteiger partial charge in [-0.15, -0.1) is 0 Å². The summed E-state index contributed by atoms with van der Waals surface area (Å²) in [6.07, 6.45) is 0. The third-order valence-electron chi connectivity index (χ3n) is 28.1. The molecular formula is C128H85N5Si. The lowest BCUT2D eigenvalue weighted by atomic mass is 9.67. The third-order valence-corrected chi connectivity index (χ3v) is 32.8. The number of benzene rings is 21. The van der Waals surface area contributed by atoms with Gasteiger partial charge in [-0.1, -0.05) is 388 Å². The van der Waals surface area contributed by atoms with E-state index in [2.05, 4.69) is 521 Å². The molecule has 5 nitrogen and oxygen atoms in total. The Morgan fingerprint density at radius 1 is 0.179 bits per heavy atom. The number of para-hydroxylation sites is 4. The second-order valence-electron chi connectivity index (χ2n) is 35.2. The highest BCUT2D eigenvalue weighted by Gasteiger charge is 2.47. The standard InChI is InChI=1S/C66H46N2Si.C62H39N3/c1-5-20-47(21-6-1)48-22-17-25-53(42-48)67-63-36-15-13-34-59(63)61-45-51(38-40-65(61)67)52-39-41-66-62(46-52)60-35-14-16-37-64(60)68(66)54-26-18-23-49(43-54)50-24-19-33-58(44-50)69(55-27-7-2-8-28-55,56-29-9-3-10-30-56)57-31-11-4-12-32-57;1-63-47-20-14-15-42(37-47)41-27-31-48(32-28-41)64-58-25-12-9-22-52(58)54-38-43(29-35-60(54)64)44-30-36-61-55(39-44)53-23-10-13-26-59(53)65(61)49-33-34-51-50-21-8-11-24-56(50)62(57(51)40-49,45-16-4-2-5-17-45)46-18-6-3-7-19-46/h1-46H;2-40H. The molecule has 0 fully saturated rings. The first-order valence-electron chi connectivity index (χ1n) is 46.0. The van der Waals surface area contributed by atoms with Crippen LogP contribution in [-0.2, 0) is 5.41 Å². The Hall–Kier alpha value is -17.5. The summed E-state index contributed by atoms with van der Waals surface area (Å²) in [5.41, 5.74) is 33.6. The van der Waals surface area contributed by atoms with Crippen molar-refractivity contribution < 1.29 is 0 Å². The van der Waals surface area contributed by atoms with Crippen molar-refractivity contribution in [3.05, 3.63) is 549 Å². The molecule has 1 aliphatic rings. The quantitative estimate of drug-likeness (QED) is 0.0555. The number of nitrogens with zero attached hydrogens (tertiary/aromatic N) is 5. The van der Waals surface area contributed by atoms with Crippen LogP contribution in [0, 0.1) is 6.57 Å². The molecule has 0 unspecified atom stereocenters. The van der Waals surface area contributed by atoms with E-state index in [4.69, 9.17) is 6.57 Å². The molecule has 26 rings (SSSR count). The second kappa shape index (κ2) is 32.6. The molecule has 21 aromatic carbocycles. The van der Waals surface area contributed by atoms with Crippen LogP contribution in [0.5, 0.6) is 0 Å². The Bertz CT molecular complexity index is 8790. The molecule has 0 atom stereocenters. The molecule has 134 heavy (non-hydrogen) atoms. The molecular weight excluding hydrogens is 1640 g/mol. The molecule has 4 heterocycles. The fraction of sp³-hybridized carbons (Fsp3) is 0.00781. The van der Waals surface area contributed by atoms with Crippen LogP contribution >= 0.6 is 0 Å². The second-order valence-corrected chi connectivity index (χ2v) is 39.0. The van der Waals surface area contributed by atoms with Crippen molar-refractivity contribution in [1.82, 2.24) is 18.3 Å². The molecule has 1 aliphatic carbocycles. The number of fused-ring (bicyclic) bond motifs is 15. The first-order valence-corrected chi connectivity index (χ1v) is 48.0. The largest absolute Gasteiger partial charge is 0.309 e. The smallest absolute Gasteiger partial charge is 0.187 e. The van der Waals surface area contributed by atoms with Crippen LogP contribution in [0.15, 0.2) is 516 Å². The molecule has 0 saturated heterocycles. The summed E-state index contributed by atoms with van der Waals surface area (Å²) in [4.78, 5) is 3.64. The Morgan fingerprint density at radius 2 is 0.470 bits per heavy atom. The predicted molar refractivity (Wildman–Crippen MR) is 565 cm³/mol. The lowest BCUT2D eigenvalue weighted by Crippen LogP contribution is -2.74. The van der Waals surface area contributed by atoms with Gasteiger partial charge in [0.05, 0.1) is 56.1 Å². The molecule has 0 saturated carbocycles. The van der Waals surface area contributed by atoms with Gasteiger partial charge in [0.1, 0.15) is 0 Å². The summed E-state index contributed by atoms with van der Waals surface area (Å²) in [5.74, 6) is 0. The van der Waals surface area contributed by atoms with E-state index in [0.29, 0.717) is 5.69 Å². The van der Waals surface area contributed by atoms with Gasteiger partial charge >= 0.3 is 0 Å². The SMILES string of the molecule is [C-]#[N+]c1cccc(-c2ccc(-n3c4ccccc4c4cc(-c5ccc6c(c5)c5ccccc5n6-c5ccc6c(c5)C(c5ccccc5)(c5ccccc5)c5ccccc5-6)ccc43)cc2)c1.c1ccc(-c2cccc(-n3c4ccccc4c4cc(-c5ccc6c(c5)c5ccccc5n6-c5cccc(-c6cccc([Si](c7ccccc7)(c7ccccc7)c7ccccc7)c6)c5)ccc43)c2)cc1. The third kappa shape index (κ3) is 12.9. The average Bonchev–Trinajstić information content (AvgIpc) is 1.52. The molecule has 0 aliphatic heterocycles. The monoisotopic (exact) mass is 1720 g/mol. The normalized spacial score (nSPS) is 12.2. The zero-order chi connectivity index (χ0) is 88.8. The van der Waals surface area contributed by atoms with Crippen molar-refractivity contribution in [1.29, 1.82) is 0 Å². The molecule has 0 amide bonds. The van der Waals surface area contributed by atoms with E-state index in [1.54, 1.807) is 0 Å². The highest BCUT2D eigenvalue weighted by Crippen LogP contribution is 2.57. The van der Waals surface area contributed by atoms with Crippen LogP contribution in [-0.4, -0.2) is 26.3 Å². The maximum atomic E-state index is 7.47. The van der Waals surface area contributed by atoms with Crippen molar-refractivity contribution in [3.63, 3.8) is 0 Å². The molecule has 25 aromatic rings. The van der Waals surface area contributed by atoms with E-state index in [0.717, 1.165) is 39.4 Å². The first-order chi connectivity index (χ1) is 66.4. The summed E-state index contributed by atoms with van der Waals surface area (Å²) in [6, 6.07) is 189. The molecule has 0 bridgehead atoms. The van der Waals surface area contributed by atoms with Gasteiger partial charge in [-0.2, -0.15) is 0 Å². The maximum absolute atomic E-state index is 7.47. The maximum Gasteiger partial charge on any atom is 0.187 e. The summed E-state index contributed by atoms with van der Waals surface area (Å²) in [7, 11) is -2.70. The van der Waals surface area contributed by atoms with Gasteiger partial charge in [-0.25, -0.2) is 4.85 Å². The molecule has 4 aromatic heterocycles. The van der Waals surface area contributed by atoms with Crippen molar-refractivity contribution >= 4 is 122 Å². The van der Waals surface area contributed by atoms with Gasteiger partial charge in [0.15, 0.2) is 13.8 Å². The van der Waals surface area contributed by atoms with Crippen LogP contribution < -0.4 is 20.7 Å². The zero-order valence-electron chi connectivity index (χ0n) is 73.3. The van der Waals surface area contributed by atoms with Crippen molar-refractivity contribution in [2.45, 2.75) is 5.41 Å². The van der Waals surface area contributed by atoms with E-state index < -0.39 is 13.5 Å². The minimum Gasteiger partial charge on any atom is -0.309 e. The van der Waals surface area contributed by atoms with Gasteiger partial charge in [0.25, 0.3) is 0 Å². The Labute approximate surface area is 778 Å². The van der Waals surface area contributed by atoms with Crippen molar-refractivity contribution in [2.75, 3.05) is 0 Å². The zero-order valence-corrected chi connectivity index (χ0v) is 74.3. The Balaban J connectivity index is 0.000000144. The average molecular weight is 1720 g/mol. The van der Waals surface area contributed by atoms with Gasteiger partial charge in [0, 0.05) is 65.8 Å². The molecule has 0 radical (unpaired) electrons. The number of aromatic nitrogens is 4. The lowest BCUT2D eigenvalue weighted by Gasteiger charge is -2.34. The summed E-state index contributed by atoms with van der Waals surface area (Å²) in [5, 5.41) is 15.3. The number of hydrogen-bond acceptors (Lipinski definition) is 0. The lowest BCUT2D eigenvalue weighted by molar-refractivity contribution is 0.767. The van der Waals surface area contributed by atoms with E-state index >= 15 is 0 Å². The fourth-order valence-electron chi connectivity index (χ4n) is 22.1. The summed E-state index contributed by atoms with van der Waals surface area (Å²) in [6.45, 7) is 7.47. The Kier molecular flexibility index (Phi) is 19.2. The van der Waals surface area contributed by atoms with E-state index in [1.807, 2.05) is 18.2 Å². The number of hydrogen-bond donors (Lipinski definition) is 0. The van der Waals surface area contributed by atoms with Gasteiger partial charge in [-0.3, -0.25) is 0 Å². The van der Waals surface area contributed by atoms with Gasteiger partial charge in [0.2, 0.25) is 0 Å².